The van der Waals surface area contributed by atoms with Gasteiger partial charge in [0.15, 0.2) is 5.78 Å². The summed E-state index contributed by atoms with van der Waals surface area (Å²) in [4.78, 5) is 29.2. The number of benzene rings is 2. The van der Waals surface area contributed by atoms with Gasteiger partial charge in [0.2, 0.25) is 5.91 Å². The van der Waals surface area contributed by atoms with E-state index in [1.165, 1.54) is 28.5 Å². The molecular weight excluding hydrogens is 408 g/mol. The third kappa shape index (κ3) is 4.78. The van der Waals surface area contributed by atoms with E-state index in [4.69, 9.17) is 0 Å². The summed E-state index contributed by atoms with van der Waals surface area (Å²) >= 11 is 1.53. The molecule has 6 nitrogen and oxygen atoms in total. The number of hydrogen-bond acceptors (Lipinski definition) is 6. The van der Waals surface area contributed by atoms with Gasteiger partial charge in [-0.2, -0.15) is 4.37 Å². The maximum Gasteiger partial charge on any atom is 0.221 e. The van der Waals surface area contributed by atoms with E-state index in [-0.39, 0.29) is 11.7 Å². The highest BCUT2D eigenvalue weighted by atomic mass is 32.1. The molecule has 1 amide bonds. The van der Waals surface area contributed by atoms with Gasteiger partial charge in [-0.15, -0.1) is 0 Å². The Balaban J connectivity index is 1.42. The maximum absolute atomic E-state index is 13.1. The first-order valence-corrected chi connectivity index (χ1v) is 11.5. The second-order valence-corrected chi connectivity index (χ2v) is 9.13. The van der Waals surface area contributed by atoms with Crippen LogP contribution in [0.5, 0.6) is 0 Å². The highest BCUT2D eigenvalue weighted by Gasteiger charge is 2.23. The number of carbonyl (C=O) groups is 2. The molecule has 0 spiro atoms. The van der Waals surface area contributed by atoms with Crippen LogP contribution in [0.3, 0.4) is 0 Å². The molecule has 0 atom stereocenters. The average Bonchev–Trinajstić information content (AvgIpc) is 3.18. The molecule has 2 aromatic carbocycles. The molecule has 2 heterocycles. The summed E-state index contributed by atoms with van der Waals surface area (Å²) in [5.74, 6) is 1.24. The molecule has 162 valence electrons. The van der Waals surface area contributed by atoms with Crippen LogP contribution in [0.1, 0.15) is 42.6 Å². The number of ketones is 1. The Morgan fingerprint density at radius 2 is 1.84 bits per heavy atom. The summed E-state index contributed by atoms with van der Waals surface area (Å²) in [6.45, 7) is 9.29. The fraction of sp³-hybridized carbons (Fsp3) is 0.375. The highest BCUT2D eigenvalue weighted by Crippen LogP contribution is 2.30. The van der Waals surface area contributed by atoms with Crippen molar-refractivity contribution in [2.24, 2.45) is 0 Å². The van der Waals surface area contributed by atoms with E-state index in [9.17, 15) is 9.59 Å². The molecule has 31 heavy (non-hydrogen) atoms. The number of nitrogens with zero attached hydrogens (tertiary/aromatic N) is 3. The molecule has 0 saturated carbocycles. The first-order valence-electron chi connectivity index (χ1n) is 10.7. The molecule has 0 aliphatic carbocycles. The van der Waals surface area contributed by atoms with Crippen molar-refractivity contribution in [1.82, 2.24) is 9.27 Å². The summed E-state index contributed by atoms with van der Waals surface area (Å²) in [6.07, 6.45) is 0. The molecule has 0 bridgehead atoms. The lowest BCUT2D eigenvalue weighted by Gasteiger charge is -2.34. The van der Waals surface area contributed by atoms with E-state index in [1.54, 1.807) is 0 Å². The lowest BCUT2D eigenvalue weighted by molar-refractivity contribution is -0.114. The number of Topliss-reactive ketones (excluding diaryl/α,β-unsaturated/α-hetero) is 1. The minimum atomic E-state index is -0.168. The molecule has 1 saturated heterocycles. The van der Waals surface area contributed by atoms with Gasteiger partial charge in [-0.05, 0) is 47.3 Å². The lowest BCUT2D eigenvalue weighted by Crippen LogP contribution is -2.48. The summed E-state index contributed by atoms with van der Waals surface area (Å²) in [7, 11) is 0. The zero-order valence-electron chi connectivity index (χ0n) is 18.2. The van der Waals surface area contributed by atoms with Crippen LogP contribution in [-0.2, 0) is 4.79 Å². The van der Waals surface area contributed by atoms with Gasteiger partial charge in [0.25, 0.3) is 0 Å². The van der Waals surface area contributed by atoms with Gasteiger partial charge in [-0.1, -0.05) is 32.0 Å². The largest absolute Gasteiger partial charge is 0.353 e. The quantitative estimate of drug-likeness (QED) is 0.581. The van der Waals surface area contributed by atoms with Gasteiger partial charge in [0.05, 0.1) is 16.9 Å². The maximum atomic E-state index is 13.1. The van der Waals surface area contributed by atoms with Gasteiger partial charge in [0.1, 0.15) is 5.82 Å². The average molecular weight is 437 g/mol. The van der Waals surface area contributed by atoms with Crippen molar-refractivity contribution in [3.05, 3.63) is 53.6 Å². The minimum absolute atomic E-state index is 0.0339. The van der Waals surface area contributed by atoms with E-state index in [1.807, 2.05) is 30.3 Å². The lowest BCUT2D eigenvalue weighted by atomic mass is 9.98. The number of nitrogens with one attached hydrogen (secondary N) is 1. The zero-order valence-corrected chi connectivity index (χ0v) is 19.0. The number of amides is 1. The number of piperazine rings is 1. The predicted octanol–water partition coefficient (Wildman–Crippen LogP) is 4.38. The summed E-state index contributed by atoms with van der Waals surface area (Å²) in [5, 5.41) is 4.03. The fourth-order valence-electron chi connectivity index (χ4n) is 3.96. The molecule has 1 aliphatic heterocycles. The first-order chi connectivity index (χ1) is 14.9. The van der Waals surface area contributed by atoms with Gasteiger partial charge in [-0.25, -0.2) is 0 Å². The molecule has 1 aromatic heterocycles. The van der Waals surface area contributed by atoms with Crippen molar-refractivity contribution in [3.63, 3.8) is 0 Å². The molecule has 1 fully saturated rings. The van der Waals surface area contributed by atoms with Crippen molar-refractivity contribution >= 4 is 44.8 Å². The normalized spacial score (nSPS) is 14.9. The second-order valence-electron chi connectivity index (χ2n) is 8.33. The zero-order chi connectivity index (χ0) is 22.0. The number of fused-ring (bicyclic) bond motifs is 1. The number of anilines is 2. The number of rotatable bonds is 6. The Morgan fingerprint density at radius 3 is 2.55 bits per heavy atom. The minimum Gasteiger partial charge on any atom is -0.353 e. The Bertz CT molecular complexity index is 1100. The first kappa shape index (κ1) is 21.5. The summed E-state index contributed by atoms with van der Waals surface area (Å²) in [5.41, 5.74) is 2.29. The Hall–Kier alpha value is -2.77. The molecule has 0 radical (unpaired) electrons. The smallest absolute Gasteiger partial charge is 0.221 e. The summed E-state index contributed by atoms with van der Waals surface area (Å²) < 4.78 is 5.86. The standard InChI is InChI=1S/C24H28N4O2S/c1-16(2)18-8-9-19(21(14-18)25-17(3)29)22(30)15-27-10-12-28(13-11-27)24-20-6-4-5-7-23(20)31-26-24/h4-9,14,16H,10-13,15H2,1-3H3,(H,25,29). The van der Waals surface area contributed by atoms with Crippen LogP contribution in [0, 0.1) is 0 Å². The number of hydrogen-bond donors (Lipinski definition) is 1. The SMILES string of the molecule is CC(=O)Nc1cc(C(C)C)ccc1C(=O)CN1CCN(c2nsc3ccccc23)CC1. The number of aromatic nitrogens is 1. The second kappa shape index (κ2) is 9.16. The predicted molar refractivity (Wildman–Crippen MR) is 127 cm³/mol. The van der Waals surface area contributed by atoms with Gasteiger partial charge in [0, 0.05) is 44.1 Å². The highest BCUT2D eigenvalue weighted by molar-refractivity contribution is 7.13. The van der Waals surface area contributed by atoms with E-state index < -0.39 is 0 Å². The number of carbonyl (C=O) groups excluding carboxylic acids is 2. The molecule has 1 aliphatic rings. The van der Waals surface area contributed by atoms with Gasteiger partial charge >= 0.3 is 0 Å². The van der Waals surface area contributed by atoms with Crippen LogP contribution in [0.4, 0.5) is 11.5 Å². The molecule has 1 N–H and O–H groups in total. The van der Waals surface area contributed by atoms with E-state index >= 15 is 0 Å². The summed E-state index contributed by atoms with van der Waals surface area (Å²) in [6, 6.07) is 14.1. The molecule has 3 aromatic rings. The van der Waals surface area contributed by atoms with Crippen LogP contribution in [0.15, 0.2) is 42.5 Å². The fourth-order valence-corrected chi connectivity index (χ4v) is 4.76. The van der Waals surface area contributed by atoms with Crippen molar-refractivity contribution in [2.75, 3.05) is 42.9 Å². The van der Waals surface area contributed by atoms with E-state index in [0.29, 0.717) is 23.7 Å². The van der Waals surface area contributed by atoms with E-state index in [2.05, 4.69) is 45.5 Å². The van der Waals surface area contributed by atoms with Gasteiger partial charge in [-0.3, -0.25) is 14.5 Å². The van der Waals surface area contributed by atoms with Crippen molar-refractivity contribution in [2.45, 2.75) is 26.7 Å². The van der Waals surface area contributed by atoms with Gasteiger partial charge < -0.3 is 10.2 Å². The van der Waals surface area contributed by atoms with Crippen LogP contribution in [-0.4, -0.2) is 53.7 Å². The molecular formula is C24H28N4O2S. The monoisotopic (exact) mass is 436 g/mol. The van der Waals surface area contributed by atoms with Crippen LogP contribution < -0.4 is 10.2 Å². The van der Waals surface area contributed by atoms with Crippen molar-refractivity contribution in [3.8, 4) is 0 Å². The van der Waals surface area contributed by atoms with Crippen LogP contribution >= 0.6 is 11.5 Å². The van der Waals surface area contributed by atoms with Crippen molar-refractivity contribution < 1.29 is 9.59 Å². The van der Waals surface area contributed by atoms with Crippen LogP contribution in [0.25, 0.3) is 10.1 Å². The Morgan fingerprint density at radius 1 is 1.10 bits per heavy atom. The molecule has 4 rings (SSSR count). The molecule has 0 unspecified atom stereocenters. The Labute approximate surface area is 187 Å². The third-order valence-electron chi connectivity index (χ3n) is 5.72. The van der Waals surface area contributed by atoms with Crippen LogP contribution in [0.2, 0.25) is 0 Å². The van der Waals surface area contributed by atoms with Crippen molar-refractivity contribution in [1.29, 1.82) is 0 Å². The topological polar surface area (TPSA) is 65.5 Å². The molecule has 7 heteroatoms. The third-order valence-corrected chi connectivity index (χ3v) is 6.54. The van der Waals surface area contributed by atoms with E-state index in [0.717, 1.165) is 37.6 Å². The Kier molecular flexibility index (Phi) is 6.34.